The molecule has 1 aromatic rings. The van der Waals surface area contributed by atoms with Gasteiger partial charge in [0, 0.05) is 27.1 Å². The quantitative estimate of drug-likeness (QED) is 0.349. The predicted octanol–water partition coefficient (Wildman–Crippen LogP) is 4.38. The van der Waals surface area contributed by atoms with Gasteiger partial charge in [-0.25, -0.2) is 17.5 Å². The zero-order valence-electron chi connectivity index (χ0n) is 15.3. The Kier molecular flexibility index (Phi) is 9.10. The normalized spacial score (nSPS) is 12.4. The first-order chi connectivity index (χ1) is 12.4. The summed E-state index contributed by atoms with van der Waals surface area (Å²) in [4.78, 5) is 8.24. The van der Waals surface area contributed by atoms with Crippen molar-refractivity contribution in [3.63, 3.8) is 0 Å². The third-order valence-corrected chi connectivity index (χ3v) is 6.19. The van der Waals surface area contributed by atoms with Gasteiger partial charge in [0.1, 0.15) is 4.90 Å². The largest absolute Gasteiger partial charge is 0.478 e. The third-order valence-electron chi connectivity index (χ3n) is 3.94. The van der Waals surface area contributed by atoms with Crippen molar-refractivity contribution in [1.29, 1.82) is 0 Å². The van der Waals surface area contributed by atoms with Gasteiger partial charge in [-0.1, -0.05) is 19.3 Å². The molecule has 0 aliphatic heterocycles. The van der Waals surface area contributed by atoms with Gasteiger partial charge < -0.3 is 10.4 Å². The molecule has 0 saturated carbocycles. The van der Waals surface area contributed by atoms with E-state index in [-0.39, 0.29) is 16.9 Å². The maximum Gasteiger partial charge on any atom is 0.335 e. The summed E-state index contributed by atoms with van der Waals surface area (Å²) in [7, 11) is -1.04. The maximum absolute atomic E-state index is 12.6. The minimum Gasteiger partial charge on any atom is -0.478 e. The molecule has 27 heavy (non-hydrogen) atoms. The Morgan fingerprint density at radius 3 is 2.33 bits per heavy atom. The van der Waals surface area contributed by atoms with E-state index in [1.54, 1.807) is 0 Å². The molecule has 6 nitrogen and oxygen atoms in total. The van der Waals surface area contributed by atoms with Crippen molar-refractivity contribution < 1.29 is 27.1 Å². The zero-order chi connectivity index (χ0) is 20.7. The van der Waals surface area contributed by atoms with Crippen molar-refractivity contribution in [2.45, 2.75) is 48.3 Å². The molecule has 1 rings (SSSR count). The molecule has 0 saturated heterocycles. The van der Waals surface area contributed by atoms with Crippen molar-refractivity contribution in [3.8, 4) is 0 Å². The molecule has 0 unspecified atom stereocenters. The minimum absolute atomic E-state index is 0.0908. The first-order valence-electron chi connectivity index (χ1n) is 8.55. The highest BCUT2D eigenvalue weighted by Gasteiger charge is 2.23. The number of carbonyl (C=O) groups is 1. The number of benzene rings is 1. The second-order valence-corrected chi connectivity index (χ2v) is 9.64. The molecule has 0 atom stereocenters. The number of hydrogen-bond acceptors (Lipinski definition) is 4. The van der Waals surface area contributed by atoms with Crippen LogP contribution in [0, 0.1) is 0 Å². The Morgan fingerprint density at radius 1 is 1.19 bits per heavy atom. The molecule has 0 fully saturated rings. The van der Waals surface area contributed by atoms with E-state index >= 15 is 0 Å². The van der Waals surface area contributed by atoms with E-state index in [2.05, 4.69) is 21.2 Å². The first-order valence-corrected chi connectivity index (χ1v) is 10.8. The second kappa shape index (κ2) is 10.3. The molecule has 0 bridgehead atoms. The molecule has 0 aliphatic rings. The summed E-state index contributed by atoms with van der Waals surface area (Å²) >= 11 is 2.31. The van der Waals surface area contributed by atoms with Gasteiger partial charge in [-0.2, -0.15) is 8.78 Å². The topological polar surface area (TPSA) is 86.7 Å². The van der Waals surface area contributed by atoms with Gasteiger partial charge in [0.05, 0.1) is 11.3 Å². The Balaban J connectivity index is 2.61. The number of alkyl halides is 3. The van der Waals surface area contributed by atoms with Crippen LogP contribution in [0.5, 0.6) is 0 Å². The number of anilines is 1. The fourth-order valence-electron chi connectivity index (χ4n) is 2.42. The molecule has 2 N–H and O–H groups in total. The highest BCUT2D eigenvalue weighted by molar-refractivity contribution is 9.09. The van der Waals surface area contributed by atoms with E-state index in [1.165, 1.54) is 26.2 Å². The van der Waals surface area contributed by atoms with Crippen LogP contribution in [0.2, 0.25) is 0 Å². The lowest BCUT2D eigenvalue weighted by Crippen LogP contribution is -2.24. The number of aromatic carboxylic acids is 1. The Hall–Kier alpha value is -1.26. The Morgan fingerprint density at radius 2 is 1.78 bits per heavy atom. The number of hydrogen-bond donors (Lipinski definition) is 2. The molecule has 0 heterocycles. The van der Waals surface area contributed by atoms with E-state index in [4.69, 9.17) is 5.11 Å². The molecular weight excluding hydrogens is 446 g/mol. The molecular formula is C17H25BrF2N2O4S. The number of nitrogens with zero attached hydrogens (tertiary/aromatic N) is 1. The van der Waals surface area contributed by atoms with E-state index in [9.17, 15) is 22.0 Å². The number of sulfonamides is 1. The number of carboxylic acids is 1. The van der Waals surface area contributed by atoms with Gasteiger partial charge >= 0.3 is 10.8 Å². The lowest BCUT2D eigenvalue weighted by molar-refractivity contribution is 0.0696. The highest BCUT2D eigenvalue weighted by atomic mass is 79.9. The number of halogens is 3. The average molecular weight is 471 g/mol. The molecule has 0 spiro atoms. The van der Waals surface area contributed by atoms with Crippen LogP contribution in [0.3, 0.4) is 0 Å². The van der Waals surface area contributed by atoms with Gasteiger partial charge in [-0.05, 0) is 47.0 Å². The molecule has 0 aromatic heterocycles. The molecule has 0 radical (unpaired) electrons. The summed E-state index contributed by atoms with van der Waals surface area (Å²) in [5.74, 6) is -1.20. The van der Waals surface area contributed by atoms with Crippen LogP contribution in [0.1, 0.15) is 48.9 Å². The van der Waals surface area contributed by atoms with E-state index in [1.807, 2.05) is 0 Å². The van der Waals surface area contributed by atoms with Crippen LogP contribution in [0.4, 0.5) is 14.5 Å². The summed E-state index contributed by atoms with van der Waals surface area (Å²) in [5.41, 5.74) is 0.234. The average Bonchev–Trinajstić information content (AvgIpc) is 2.55. The van der Waals surface area contributed by atoms with E-state index in [0.717, 1.165) is 29.6 Å². The van der Waals surface area contributed by atoms with Crippen molar-refractivity contribution in [2.24, 2.45) is 0 Å². The van der Waals surface area contributed by atoms with E-state index in [0.29, 0.717) is 25.1 Å². The molecule has 1 aromatic carbocycles. The lowest BCUT2D eigenvalue weighted by Gasteiger charge is -2.17. The molecule has 0 amide bonds. The summed E-state index contributed by atoms with van der Waals surface area (Å²) < 4.78 is 51.2. The predicted molar refractivity (Wildman–Crippen MR) is 104 cm³/mol. The number of unbranched alkanes of at least 4 members (excludes halogenated alkanes) is 4. The highest BCUT2D eigenvalue weighted by Crippen LogP contribution is 2.28. The maximum atomic E-state index is 12.6. The fourth-order valence-corrected chi connectivity index (χ4v) is 3.78. The zero-order valence-corrected chi connectivity index (χ0v) is 17.7. The summed E-state index contributed by atoms with van der Waals surface area (Å²) in [6.07, 6.45) is 3.33. The summed E-state index contributed by atoms with van der Waals surface area (Å²) in [6, 6.07) is 3.93. The smallest absolute Gasteiger partial charge is 0.335 e. The van der Waals surface area contributed by atoms with Crippen LogP contribution in [0.25, 0.3) is 0 Å². The molecule has 154 valence electrons. The minimum atomic E-state index is -3.80. The second-order valence-electron chi connectivity index (χ2n) is 6.36. The summed E-state index contributed by atoms with van der Waals surface area (Å²) in [5, 5.41) is 12.1. The van der Waals surface area contributed by atoms with Gasteiger partial charge in [0.25, 0.3) is 0 Å². The van der Waals surface area contributed by atoms with Crippen molar-refractivity contribution >= 4 is 37.6 Å². The van der Waals surface area contributed by atoms with Crippen molar-refractivity contribution in [2.75, 3.05) is 26.0 Å². The number of carboxylic acid groups (broad SMARTS) is 1. The first kappa shape index (κ1) is 23.8. The summed E-state index contributed by atoms with van der Waals surface area (Å²) in [6.45, 7) is 0.497. The van der Waals surface area contributed by atoms with Gasteiger partial charge in [-0.3, -0.25) is 0 Å². The van der Waals surface area contributed by atoms with Gasteiger partial charge in [0.2, 0.25) is 10.0 Å². The van der Waals surface area contributed by atoms with Crippen molar-refractivity contribution in [3.05, 3.63) is 23.8 Å². The monoisotopic (exact) mass is 470 g/mol. The number of rotatable bonds is 12. The van der Waals surface area contributed by atoms with Crippen LogP contribution in [0.15, 0.2) is 23.1 Å². The van der Waals surface area contributed by atoms with Crippen LogP contribution in [-0.4, -0.2) is 49.3 Å². The lowest BCUT2D eigenvalue weighted by atomic mass is 10.1. The standard InChI is InChI=1S/C17H25BrF2N2O4S/c1-22(2)27(25,26)15-12-13(16(23)24)8-9-14(15)21-11-7-5-3-4-6-10-17(18,19)20/h8-9,12,21H,3-7,10-11H2,1-2H3,(H,23,24). The van der Waals surface area contributed by atoms with Crippen LogP contribution in [-0.2, 0) is 10.0 Å². The Labute approximate surface area is 167 Å². The SMILES string of the molecule is CN(C)S(=O)(=O)c1cc(C(=O)O)ccc1NCCCCCCCC(F)(F)Br. The molecule has 10 heteroatoms. The molecule has 0 aliphatic carbocycles. The van der Waals surface area contributed by atoms with Gasteiger partial charge in [0.15, 0.2) is 0 Å². The van der Waals surface area contributed by atoms with Crippen LogP contribution < -0.4 is 5.32 Å². The van der Waals surface area contributed by atoms with Gasteiger partial charge in [-0.15, -0.1) is 0 Å². The van der Waals surface area contributed by atoms with Crippen LogP contribution >= 0.6 is 15.9 Å². The van der Waals surface area contributed by atoms with E-state index < -0.39 is 20.8 Å². The fraction of sp³-hybridized carbons (Fsp3) is 0.588. The Bertz CT molecular complexity index is 737. The van der Waals surface area contributed by atoms with Crippen molar-refractivity contribution in [1.82, 2.24) is 4.31 Å². The third kappa shape index (κ3) is 8.10. The number of nitrogens with one attached hydrogen (secondary N) is 1.